The summed E-state index contributed by atoms with van der Waals surface area (Å²) in [7, 11) is 1.65. The highest BCUT2D eigenvalue weighted by molar-refractivity contribution is 5.78. The molecule has 2 aromatic rings. The highest BCUT2D eigenvalue weighted by Crippen LogP contribution is 2.28. The third kappa shape index (κ3) is 13.8. The van der Waals surface area contributed by atoms with E-state index in [9.17, 15) is 4.79 Å². The first kappa shape index (κ1) is 31.7. The van der Waals surface area contributed by atoms with Gasteiger partial charge in [-0.05, 0) is 37.1 Å². The third-order valence-electron chi connectivity index (χ3n) is 7.12. The Kier molecular flexibility index (Phi) is 17.0. The zero-order valence-electron chi connectivity index (χ0n) is 24.4. The number of hydrogen-bond donors (Lipinski definition) is 1. The van der Waals surface area contributed by atoms with Crippen molar-refractivity contribution in [1.82, 2.24) is 5.32 Å². The number of hydrogen-bond acceptors (Lipinski definition) is 3. The lowest BCUT2D eigenvalue weighted by Crippen LogP contribution is -2.33. The lowest BCUT2D eigenvalue weighted by molar-refractivity contribution is -0.694. The fraction of sp³-hybridized carbons (Fsp3) is 0.636. The monoisotopic (exact) mass is 525 g/mol. The summed E-state index contributed by atoms with van der Waals surface area (Å²) in [4.78, 5) is 12.5. The van der Waals surface area contributed by atoms with Gasteiger partial charge in [0, 0.05) is 18.2 Å². The van der Waals surface area contributed by atoms with Gasteiger partial charge in [-0.15, -0.1) is 0 Å². The van der Waals surface area contributed by atoms with Gasteiger partial charge in [-0.25, -0.2) is 4.57 Å². The molecule has 1 amide bonds. The number of pyridine rings is 1. The van der Waals surface area contributed by atoms with Crippen molar-refractivity contribution in [2.45, 2.75) is 123 Å². The summed E-state index contributed by atoms with van der Waals surface area (Å²) in [6.45, 7) is 6.51. The van der Waals surface area contributed by atoms with E-state index < -0.39 is 0 Å². The predicted octanol–water partition coefficient (Wildman–Crippen LogP) is 7.72. The van der Waals surface area contributed by atoms with Crippen LogP contribution in [0.3, 0.4) is 0 Å². The molecule has 2 rings (SSSR count). The molecule has 0 aliphatic heterocycles. The number of unbranched alkanes of at least 4 members (excludes halogenated alkanes) is 13. The summed E-state index contributed by atoms with van der Waals surface area (Å²) in [5, 5.41) is 3.01. The van der Waals surface area contributed by atoms with Crippen LogP contribution in [0.2, 0.25) is 0 Å². The molecule has 0 spiro atoms. The van der Waals surface area contributed by atoms with Gasteiger partial charge in [-0.2, -0.15) is 0 Å². The van der Waals surface area contributed by atoms with E-state index in [1.54, 1.807) is 7.11 Å². The van der Waals surface area contributed by atoms with Crippen LogP contribution < -0.4 is 19.4 Å². The van der Waals surface area contributed by atoms with E-state index in [0.717, 1.165) is 29.8 Å². The van der Waals surface area contributed by atoms with Crippen LogP contribution in [0, 0.1) is 0 Å². The van der Waals surface area contributed by atoms with Gasteiger partial charge >= 0.3 is 0 Å². The first-order chi connectivity index (χ1) is 18.7. The molecule has 5 heteroatoms. The van der Waals surface area contributed by atoms with Crippen molar-refractivity contribution in [3.05, 3.63) is 53.9 Å². The second kappa shape index (κ2) is 20.4. The lowest BCUT2D eigenvalue weighted by Gasteiger charge is -2.12. The number of carbonyl (C=O) groups excluding carboxylic acids is 1. The van der Waals surface area contributed by atoms with Crippen LogP contribution in [0.4, 0.5) is 0 Å². The molecule has 0 fully saturated rings. The van der Waals surface area contributed by atoms with Crippen LogP contribution in [0.1, 0.15) is 115 Å². The molecule has 0 aliphatic carbocycles. The number of rotatable bonds is 22. The molecule has 0 aliphatic rings. The number of aryl methyl sites for hydroxylation is 1. The molecule has 1 aromatic carbocycles. The summed E-state index contributed by atoms with van der Waals surface area (Å²) >= 11 is 0. The topological polar surface area (TPSA) is 51.4 Å². The van der Waals surface area contributed by atoms with Crippen LogP contribution in [0.15, 0.2) is 42.7 Å². The van der Waals surface area contributed by atoms with E-state index in [0.29, 0.717) is 25.3 Å². The molecule has 1 N–H and O–H groups in total. The van der Waals surface area contributed by atoms with Crippen LogP contribution in [0.25, 0.3) is 0 Å². The number of nitrogens with zero attached hydrogens (tertiary/aromatic N) is 1. The van der Waals surface area contributed by atoms with Crippen molar-refractivity contribution in [2.24, 2.45) is 0 Å². The molecule has 5 nitrogen and oxygen atoms in total. The highest BCUT2D eigenvalue weighted by Gasteiger charge is 2.10. The SMILES string of the molecule is CCCCCCCCCCCCCCCCOc1ccc(CC(=O)NCc2ccc[n+](CC)c2)cc1OC. The van der Waals surface area contributed by atoms with Gasteiger partial charge in [-0.1, -0.05) is 96.5 Å². The van der Waals surface area contributed by atoms with Crippen molar-refractivity contribution in [1.29, 1.82) is 0 Å². The minimum absolute atomic E-state index is 0.00460. The van der Waals surface area contributed by atoms with E-state index in [-0.39, 0.29) is 5.91 Å². The smallest absolute Gasteiger partial charge is 0.224 e. The van der Waals surface area contributed by atoms with E-state index in [1.807, 2.05) is 36.5 Å². The molecule has 1 aromatic heterocycles. The number of benzene rings is 1. The molecular weight excluding hydrogens is 472 g/mol. The van der Waals surface area contributed by atoms with Gasteiger partial charge in [0.05, 0.1) is 20.1 Å². The zero-order chi connectivity index (χ0) is 27.3. The van der Waals surface area contributed by atoms with Gasteiger partial charge in [0.1, 0.15) is 6.54 Å². The Hall–Kier alpha value is -2.56. The molecule has 38 heavy (non-hydrogen) atoms. The molecule has 0 radical (unpaired) electrons. The summed E-state index contributed by atoms with van der Waals surface area (Å²) in [5.74, 6) is 1.43. The third-order valence-corrected chi connectivity index (χ3v) is 7.12. The fourth-order valence-corrected chi connectivity index (χ4v) is 4.75. The number of aromatic nitrogens is 1. The maximum atomic E-state index is 12.5. The Labute approximate surface area is 232 Å². The quantitative estimate of drug-likeness (QED) is 0.126. The summed E-state index contributed by atoms with van der Waals surface area (Å²) in [5.41, 5.74) is 2.01. The van der Waals surface area contributed by atoms with Gasteiger partial charge in [0.25, 0.3) is 0 Å². The van der Waals surface area contributed by atoms with E-state index >= 15 is 0 Å². The summed E-state index contributed by atoms with van der Waals surface area (Å²) < 4.78 is 13.6. The van der Waals surface area contributed by atoms with Gasteiger partial charge in [0.2, 0.25) is 5.91 Å². The molecule has 0 saturated carbocycles. The Morgan fingerprint density at radius 1 is 0.789 bits per heavy atom. The van der Waals surface area contributed by atoms with Gasteiger partial charge in [-0.3, -0.25) is 4.79 Å². The summed E-state index contributed by atoms with van der Waals surface area (Å²) in [6.07, 6.45) is 23.3. The maximum absolute atomic E-state index is 12.5. The predicted molar refractivity (Wildman–Crippen MR) is 157 cm³/mol. The number of methoxy groups -OCH3 is 1. The second-order valence-corrected chi connectivity index (χ2v) is 10.4. The van der Waals surface area contributed by atoms with E-state index in [2.05, 4.69) is 29.9 Å². The number of carbonyl (C=O) groups is 1. The number of ether oxygens (including phenoxy) is 2. The minimum atomic E-state index is -0.00460. The average Bonchev–Trinajstić information content (AvgIpc) is 2.94. The Bertz CT molecular complexity index is 900. The van der Waals surface area contributed by atoms with Crippen molar-refractivity contribution >= 4 is 5.91 Å². The van der Waals surface area contributed by atoms with Crippen LogP contribution in [0.5, 0.6) is 11.5 Å². The normalized spacial score (nSPS) is 10.9. The standard InChI is InChI=1S/C33H52N2O3/c1-4-6-7-8-9-10-11-12-13-14-15-16-17-18-24-38-31-22-21-29(25-32(31)37-3)26-33(36)34-27-30-20-19-23-35(5-2)28-30/h19-23,25,28H,4-18,24,26-27H2,1-3H3/p+1. The molecular formula is C33H53N2O3+. The average molecular weight is 526 g/mol. The van der Waals surface area contributed by atoms with Crippen LogP contribution in [-0.2, 0) is 24.3 Å². The summed E-state index contributed by atoms with van der Waals surface area (Å²) in [6, 6.07) is 9.82. The largest absolute Gasteiger partial charge is 0.493 e. The molecule has 1 heterocycles. The Morgan fingerprint density at radius 2 is 1.42 bits per heavy atom. The number of amides is 1. The van der Waals surface area contributed by atoms with Crippen molar-refractivity contribution in [3.8, 4) is 11.5 Å². The molecule has 0 unspecified atom stereocenters. The molecule has 0 atom stereocenters. The van der Waals surface area contributed by atoms with Crippen LogP contribution in [-0.4, -0.2) is 19.6 Å². The Morgan fingerprint density at radius 3 is 2.03 bits per heavy atom. The van der Waals surface area contributed by atoms with Crippen molar-refractivity contribution in [3.63, 3.8) is 0 Å². The first-order valence-corrected chi connectivity index (χ1v) is 15.2. The van der Waals surface area contributed by atoms with Crippen molar-refractivity contribution in [2.75, 3.05) is 13.7 Å². The van der Waals surface area contributed by atoms with Gasteiger partial charge in [0.15, 0.2) is 23.9 Å². The second-order valence-electron chi connectivity index (χ2n) is 10.4. The van der Waals surface area contributed by atoms with Crippen molar-refractivity contribution < 1.29 is 18.8 Å². The van der Waals surface area contributed by atoms with Gasteiger partial charge < -0.3 is 14.8 Å². The first-order valence-electron chi connectivity index (χ1n) is 15.2. The van der Waals surface area contributed by atoms with Crippen LogP contribution >= 0.6 is 0 Å². The molecule has 0 saturated heterocycles. The fourth-order valence-electron chi connectivity index (χ4n) is 4.75. The lowest BCUT2D eigenvalue weighted by atomic mass is 10.0. The van der Waals surface area contributed by atoms with E-state index in [1.165, 1.54) is 83.5 Å². The molecule has 212 valence electrons. The molecule has 0 bridgehead atoms. The minimum Gasteiger partial charge on any atom is -0.493 e. The number of nitrogens with one attached hydrogen (secondary N) is 1. The zero-order valence-corrected chi connectivity index (χ0v) is 24.4. The maximum Gasteiger partial charge on any atom is 0.224 e. The Balaban J connectivity index is 1.55. The van der Waals surface area contributed by atoms with E-state index in [4.69, 9.17) is 9.47 Å². The highest BCUT2D eigenvalue weighted by atomic mass is 16.5.